The Labute approximate surface area is 122 Å². The zero-order chi connectivity index (χ0) is 13.9. The predicted octanol–water partition coefficient (Wildman–Crippen LogP) is 3.81. The van der Waals surface area contributed by atoms with Crippen molar-refractivity contribution in [2.45, 2.75) is 17.7 Å². The number of benzene rings is 2. The number of hydrogen-bond acceptors (Lipinski definition) is 4. The van der Waals surface area contributed by atoms with E-state index in [2.05, 4.69) is 29.0 Å². The van der Waals surface area contributed by atoms with Crippen LogP contribution in [0, 0.1) is 6.92 Å². The summed E-state index contributed by atoms with van der Waals surface area (Å²) in [5.41, 5.74) is 10.2. The molecule has 2 aromatic carbocycles. The molecule has 0 aliphatic heterocycles. The van der Waals surface area contributed by atoms with Gasteiger partial charge in [0.05, 0.1) is 5.52 Å². The highest BCUT2D eigenvalue weighted by atomic mass is 32.2. The molecule has 0 amide bonds. The molecular weight excluding hydrogens is 266 g/mol. The number of rotatable bonds is 3. The lowest BCUT2D eigenvalue weighted by molar-refractivity contribution is 1.10. The third kappa shape index (κ3) is 2.47. The number of anilines is 1. The average molecular weight is 281 g/mol. The molecule has 0 aliphatic carbocycles. The largest absolute Gasteiger partial charge is 0.399 e. The number of fused-ring (bicyclic) bond motifs is 1. The van der Waals surface area contributed by atoms with Crippen LogP contribution >= 0.6 is 11.8 Å². The number of aromatic nitrogens is 2. The first-order chi connectivity index (χ1) is 9.75. The normalized spacial score (nSPS) is 10.8. The SMILES string of the molecule is Cc1c(N)cccc1CSc1ncnc2ccccc12. The molecule has 0 unspecified atom stereocenters. The highest BCUT2D eigenvalue weighted by Crippen LogP contribution is 2.29. The van der Waals surface area contributed by atoms with Gasteiger partial charge in [-0.05, 0) is 30.2 Å². The first-order valence-electron chi connectivity index (χ1n) is 6.42. The van der Waals surface area contributed by atoms with Crippen molar-refractivity contribution in [3.8, 4) is 0 Å². The van der Waals surface area contributed by atoms with Gasteiger partial charge in [0.2, 0.25) is 0 Å². The number of thioether (sulfide) groups is 1. The Bertz CT molecular complexity index is 750. The smallest absolute Gasteiger partial charge is 0.117 e. The van der Waals surface area contributed by atoms with Crippen molar-refractivity contribution in [2.24, 2.45) is 0 Å². The lowest BCUT2D eigenvalue weighted by Gasteiger charge is -2.08. The Kier molecular flexibility index (Phi) is 3.56. The van der Waals surface area contributed by atoms with Crippen LogP contribution in [0.2, 0.25) is 0 Å². The van der Waals surface area contributed by atoms with Crippen molar-refractivity contribution in [2.75, 3.05) is 5.73 Å². The third-order valence-corrected chi connectivity index (χ3v) is 4.41. The van der Waals surface area contributed by atoms with Crippen molar-refractivity contribution >= 4 is 28.4 Å². The number of nitrogens with zero attached hydrogens (tertiary/aromatic N) is 2. The van der Waals surface area contributed by atoms with Gasteiger partial charge in [0, 0.05) is 16.8 Å². The van der Waals surface area contributed by atoms with Gasteiger partial charge in [0.15, 0.2) is 0 Å². The van der Waals surface area contributed by atoms with Crippen molar-refractivity contribution < 1.29 is 0 Å². The molecule has 1 heterocycles. The van der Waals surface area contributed by atoms with E-state index in [0.717, 1.165) is 32.9 Å². The van der Waals surface area contributed by atoms with Gasteiger partial charge < -0.3 is 5.73 Å². The van der Waals surface area contributed by atoms with E-state index in [0.29, 0.717) is 0 Å². The zero-order valence-corrected chi connectivity index (χ0v) is 12.0. The molecule has 3 rings (SSSR count). The van der Waals surface area contributed by atoms with Crippen molar-refractivity contribution in [1.82, 2.24) is 9.97 Å². The van der Waals surface area contributed by atoms with Crippen LogP contribution < -0.4 is 5.73 Å². The molecule has 1 aromatic heterocycles. The molecule has 0 atom stereocenters. The molecule has 3 aromatic rings. The monoisotopic (exact) mass is 281 g/mol. The maximum Gasteiger partial charge on any atom is 0.117 e. The zero-order valence-electron chi connectivity index (χ0n) is 11.2. The molecule has 100 valence electrons. The summed E-state index contributed by atoms with van der Waals surface area (Å²) in [6.07, 6.45) is 1.62. The topological polar surface area (TPSA) is 51.8 Å². The average Bonchev–Trinajstić information content (AvgIpc) is 2.49. The summed E-state index contributed by atoms with van der Waals surface area (Å²) in [4.78, 5) is 8.68. The minimum Gasteiger partial charge on any atom is -0.399 e. The minimum atomic E-state index is 0.843. The highest BCUT2D eigenvalue weighted by molar-refractivity contribution is 7.98. The van der Waals surface area contributed by atoms with Gasteiger partial charge in [0.1, 0.15) is 11.4 Å². The van der Waals surface area contributed by atoms with E-state index < -0.39 is 0 Å². The van der Waals surface area contributed by atoms with Gasteiger partial charge in [-0.1, -0.05) is 30.3 Å². The summed E-state index contributed by atoms with van der Waals surface area (Å²) in [7, 11) is 0. The van der Waals surface area contributed by atoms with E-state index in [4.69, 9.17) is 5.73 Å². The van der Waals surface area contributed by atoms with Gasteiger partial charge in [-0.3, -0.25) is 0 Å². The van der Waals surface area contributed by atoms with Crippen LogP contribution in [0.1, 0.15) is 11.1 Å². The van der Waals surface area contributed by atoms with E-state index in [-0.39, 0.29) is 0 Å². The van der Waals surface area contributed by atoms with E-state index in [1.807, 2.05) is 30.3 Å². The first-order valence-corrected chi connectivity index (χ1v) is 7.41. The van der Waals surface area contributed by atoms with Crippen molar-refractivity contribution in [3.05, 3.63) is 59.9 Å². The van der Waals surface area contributed by atoms with Crippen LogP contribution in [0.3, 0.4) is 0 Å². The molecule has 0 radical (unpaired) electrons. The Balaban J connectivity index is 1.89. The molecule has 0 aliphatic rings. The summed E-state index contributed by atoms with van der Waals surface area (Å²) in [5.74, 6) is 0.859. The highest BCUT2D eigenvalue weighted by Gasteiger charge is 2.06. The van der Waals surface area contributed by atoms with Crippen molar-refractivity contribution in [1.29, 1.82) is 0 Å². The summed E-state index contributed by atoms with van der Waals surface area (Å²) in [6, 6.07) is 14.1. The van der Waals surface area contributed by atoms with Gasteiger partial charge in [-0.2, -0.15) is 0 Å². The molecular formula is C16H15N3S. The number of nitrogens with two attached hydrogens (primary N) is 1. The fraction of sp³-hybridized carbons (Fsp3) is 0.125. The number of nitrogen functional groups attached to an aromatic ring is 1. The molecule has 4 heteroatoms. The fourth-order valence-corrected chi connectivity index (χ4v) is 3.16. The molecule has 2 N–H and O–H groups in total. The van der Waals surface area contributed by atoms with Gasteiger partial charge in [-0.15, -0.1) is 11.8 Å². The van der Waals surface area contributed by atoms with E-state index in [1.165, 1.54) is 5.56 Å². The van der Waals surface area contributed by atoms with Crippen LogP contribution in [0.15, 0.2) is 53.8 Å². The lowest BCUT2D eigenvalue weighted by Crippen LogP contribution is -1.94. The maximum atomic E-state index is 5.95. The number of hydrogen-bond donors (Lipinski definition) is 1. The Morgan fingerprint density at radius 3 is 2.80 bits per heavy atom. The number of para-hydroxylation sites is 1. The van der Waals surface area contributed by atoms with Crippen LogP contribution in [-0.4, -0.2) is 9.97 Å². The van der Waals surface area contributed by atoms with E-state index in [9.17, 15) is 0 Å². The van der Waals surface area contributed by atoms with Crippen LogP contribution in [-0.2, 0) is 5.75 Å². The molecule has 3 nitrogen and oxygen atoms in total. The van der Waals surface area contributed by atoms with Crippen LogP contribution in [0.4, 0.5) is 5.69 Å². The molecule has 0 fully saturated rings. The summed E-state index contributed by atoms with van der Waals surface area (Å²) in [5, 5.41) is 2.11. The van der Waals surface area contributed by atoms with E-state index in [1.54, 1.807) is 18.1 Å². The Morgan fingerprint density at radius 2 is 1.90 bits per heavy atom. The summed E-state index contributed by atoms with van der Waals surface area (Å²) < 4.78 is 0. The molecule has 0 spiro atoms. The Morgan fingerprint density at radius 1 is 1.05 bits per heavy atom. The first kappa shape index (κ1) is 12.9. The summed E-state index contributed by atoms with van der Waals surface area (Å²) >= 11 is 1.72. The third-order valence-electron chi connectivity index (χ3n) is 3.36. The quantitative estimate of drug-likeness (QED) is 0.450. The second-order valence-corrected chi connectivity index (χ2v) is 5.58. The molecule has 0 saturated carbocycles. The van der Waals surface area contributed by atoms with Gasteiger partial charge >= 0.3 is 0 Å². The minimum absolute atomic E-state index is 0.843. The lowest BCUT2D eigenvalue weighted by atomic mass is 10.1. The van der Waals surface area contributed by atoms with E-state index >= 15 is 0 Å². The standard InChI is InChI=1S/C16H15N3S/c1-11-12(5-4-7-14(11)17)9-20-16-13-6-2-3-8-15(13)18-10-19-16/h2-8,10H,9,17H2,1H3. The fourth-order valence-electron chi connectivity index (χ4n) is 2.10. The van der Waals surface area contributed by atoms with Crippen LogP contribution in [0.25, 0.3) is 10.9 Å². The molecule has 0 bridgehead atoms. The van der Waals surface area contributed by atoms with Gasteiger partial charge in [0.25, 0.3) is 0 Å². The second kappa shape index (κ2) is 5.51. The maximum absolute atomic E-state index is 5.95. The summed E-state index contributed by atoms with van der Waals surface area (Å²) in [6.45, 7) is 2.06. The second-order valence-electron chi connectivity index (χ2n) is 4.62. The van der Waals surface area contributed by atoms with Crippen molar-refractivity contribution in [3.63, 3.8) is 0 Å². The molecule has 20 heavy (non-hydrogen) atoms. The Hall–Kier alpha value is -2.07. The van der Waals surface area contributed by atoms with Gasteiger partial charge in [-0.25, -0.2) is 9.97 Å². The predicted molar refractivity (Wildman–Crippen MR) is 84.7 cm³/mol. The molecule has 0 saturated heterocycles. The van der Waals surface area contributed by atoms with Crippen LogP contribution in [0.5, 0.6) is 0 Å².